The monoisotopic (exact) mass is 375 g/mol. The number of halogens is 3. The maximum Gasteiger partial charge on any atom is 0.416 e. The number of benzene rings is 2. The molecule has 1 aliphatic heterocycles. The van der Waals surface area contributed by atoms with Crippen LogP contribution in [0.25, 0.3) is 6.08 Å². The second-order valence-electron chi connectivity index (χ2n) is 6.58. The number of carbonyl (C=O) groups excluding carboxylic acids is 1. The van der Waals surface area contributed by atoms with E-state index in [1.807, 2.05) is 12.1 Å². The van der Waals surface area contributed by atoms with Crippen molar-refractivity contribution >= 4 is 17.5 Å². The van der Waals surface area contributed by atoms with Gasteiger partial charge < -0.3 is 10.0 Å². The smallest absolute Gasteiger partial charge is 0.393 e. The molecule has 142 valence electrons. The lowest BCUT2D eigenvalue weighted by molar-refractivity contribution is -0.137. The molecule has 27 heavy (non-hydrogen) atoms. The number of aliphatic hydroxyl groups excluding tert-OH is 1. The molecule has 0 bridgehead atoms. The van der Waals surface area contributed by atoms with E-state index in [9.17, 15) is 23.1 Å². The first-order valence-electron chi connectivity index (χ1n) is 8.76. The number of anilines is 1. The molecule has 0 unspecified atom stereocenters. The van der Waals surface area contributed by atoms with E-state index in [2.05, 4.69) is 4.90 Å². The standard InChI is InChI=1S/C21H20F3NO2/c22-21(23,24)17-6-1-15(2-7-17)3-10-20(27)16-4-8-18(9-5-16)25-13-11-19(26)12-14-25/h1-10,19,26H,11-14H2. The highest BCUT2D eigenvalue weighted by atomic mass is 19.4. The van der Waals surface area contributed by atoms with E-state index in [4.69, 9.17) is 0 Å². The molecule has 0 saturated carbocycles. The predicted molar refractivity (Wildman–Crippen MR) is 98.7 cm³/mol. The molecule has 0 aliphatic carbocycles. The van der Waals surface area contributed by atoms with Crippen LogP contribution in [0, 0.1) is 0 Å². The fourth-order valence-corrected chi connectivity index (χ4v) is 3.01. The van der Waals surface area contributed by atoms with Crippen molar-refractivity contribution in [2.45, 2.75) is 25.1 Å². The lowest BCUT2D eigenvalue weighted by atomic mass is 10.1. The van der Waals surface area contributed by atoms with Gasteiger partial charge in [-0.3, -0.25) is 4.79 Å². The molecule has 0 aromatic heterocycles. The second-order valence-corrected chi connectivity index (χ2v) is 6.58. The third-order valence-electron chi connectivity index (χ3n) is 4.65. The minimum atomic E-state index is -4.37. The van der Waals surface area contributed by atoms with Crippen LogP contribution in [0.4, 0.5) is 18.9 Å². The van der Waals surface area contributed by atoms with Gasteiger partial charge in [-0.1, -0.05) is 18.2 Å². The first-order valence-corrected chi connectivity index (χ1v) is 8.76. The number of piperidine rings is 1. The minimum absolute atomic E-state index is 0.212. The summed E-state index contributed by atoms with van der Waals surface area (Å²) in [4.78, 5) is 14.4. The van der Waals surface area contributed by atoms with Crippen molar-refractivity contribution in [2.24, 2.45) is 0 Å². The summed E-state index contributed by atoms with van der Waals surface area (Å²) in [6.07, 6.45) is -0.283. The van der Waals surface area contributed by atoms with Crippen LogP contribution < -0.4 is 4.90 Å². The van der Waals surface area contributed by atoms with Gasteiger partial charge in [-0.2, -0.15) is 13.2 Å². The van der Waals surface area contributed by atoms with Crippen molar-refractivity contribution in [1.29, 1.82) is 0 Å². The number of carbonyl (C=O) groups is 1. The Morgan fingerprint density at radius 2 is 1.59 bits per heavy atom. The Bertz CT molecular complexity index is 803. The Morgan fingerprint density at radius 1 is 1.00 bits per heavy atom. The van der Waals surface area contributed by atoms with Gasteiger partial charge >= 0.3 is 6.18 Å². The summed E-state index contributed by atoms with van der Waals surface area (Å²) in [6, 6.07) is 11.9. The van der Waals surface area contributed by atoms with E-state index in [1.54, 1.807) is 12.1 Å². The first kappa shape index (κ1) is 19.2. The fraction of sp³-hybridized carbons (Fsp3) is 0.286. The highest BCUT2D eigenvalue weighted by Crippen LogP contribution is 2.29. The lowest BCUT2D eigenvalue weighted by Gasteiger charge is -2.31. The van der Waals surface area contributed by atoms with Gasteiger partial charge in [-0.15, -0.1) is 0 Å². The number of hydrogen-bond donors (Lipinski definition) is 1. The van der Waals surface area contributed by atoms with Crippen LogP contribution in [0.15, 0.2) is 54.6 Å². The first-order chi connectivity index (χ1) is 12.8. The number of nitrogens with zero attached hydrogens (tertiary/aromatic N) is 1. The average Bonchev–Trinajstić information content (AvgIpc) is 2.66. The molecule has 1 fully saturated rings. The van der Waals surface area contributed by atoms with Crippen molar-refractivity contribution in [3.05, 3.63) is 71.3 Å². The van der Waals surface area contributed by atoms with Crippen molar-refractivity contribution < 1.29 is 23.1 Å². The molecule has 0 amide bonds. The zero-order chi connectivity index (χ0) is 19.4. The highest BCUT2D eigenvalue weighted by Gasteiger charge is 2.29. The zero-order valence-corrected chi connectivity index (χ0v) is 14.6. The summed E-state index contributed by atoms with van der Waals surface area (Å²) in [5.41, 5.74) is 1.33. The fourth-order valence-electron chi connectivity index (χ4n) is 3.01. The molecule has 6 heteroatoms. The van der Waals surface area contributed by atoms with Crippen LogP contribution in [0.2, 0.25) is 0 Å². The molecular formula is C21H20F3NO2. The lowest BCUT2D eigenvalue weighted by Crippen LogP contribution is -2.35. The SMILES string of the molecule is O=C(C=Cc1ccc(C(F)(F)F)cc1)c1ccc(N2CCC(O)CC2)cc1. The van der Waals surface area contributed by atoms with Crippen LogP contribution >= 0.6 is 0 Å². The van der Waals surface area contributed by atoms with Crippen LogP contribution in [-0.4, -0.2) is 30.1 Å². The van der Waals surface area contributed by atoms with E-state index in [-0.39, 0.29) is 11.9 Å². The highest BCUT2D eigenvalue weighted by molar-refractivity contribution is 6.06. The Morgan fingerprint density at radius 3 is 2.15 bits per heavy atom. The number of allylic oxidation sites excluding steroid dienone is 1. The quantitative estimate of drug-likeness (QED) is 0.629. The van der Waals surface area contributed by atoms with E-state index in [0.29, 0.717) is 11.1 Å². The van der Waals surface area contributed by atoms with Gasteiger partial charge in [0, 0.05) is 24.3 Å². The van der Waals surface area contributed by atoms with E-state index in [1.165, 1.54) is 24.3 Å². The van der Waals surface area contributed by atoms with Gasteiger partial charge in [0.05, 0.1) is 11.7 Å². The van der Waals surface area contributed by atoms with Crippen molar-refractivity contribution in [1.82, 2.24) is 0 Å². The molecule has 1 N–H and O–H groups in total. The molecule has 0 atom stereocenters. The predicted octanol–water partition coefficient (Wildman–Crippen LogP) is 4.56. The third kappa shape index (κ3) is 4.98. The Balaban J connectivity index is 1.63. The van der Waals surface area contributed by atoms with Gasteiger partial charge in [-0.25, -0.2) is 0 Å². The minimum Gasteiger partial charge on any atom is -0.393 e. The summed E-state index contributed by atoms with van der Waals surface area (Å²) in [7, 11) is 0. The van der Waals surface area contributed by atoms with Crippen LogP contribution in [0.5, 0.6) is 0 Å². The molecule has 0 spiro atoms. The average molecular weight is 375 g/mol. The molecule has 3 nitrogen and oxygen atoms in total. The molecule has 2 aromatic rings. The molecule has 3 rings (SSSR count). The van der Waals surface area contributed by atoms with Crippen LogP contribution in [0.3, 0.4) is 0 Å². The van der Waals surface area contributed by atoms with Crippen LogP contribution in [-0.2, 0) is 6.18 Å². The van der Waals surface area contributed by atoms with E-state index in [0.717, 1.165) is 43.8 Å². The summed E-state index contributed by atoms with van der Waals surface area (Å²) in [5.74, 6) is -0.212. The third-order valence-corrected chi connectivity index (χ3v) is 4.65. The number of rotatable bonds is 4. The number of aliphatic hydroxyl groups is 1. The molecule has 0 radical (unpaired) electrons. The summed E-state index contributed by atoms with van der Waals surface area (Å²) < 4.78 is 37.7. The normalized spacial score (nSPS) is 16.1. The van der Waals surface area contributed by atoms with Gasteiger partial charge in [0.25, 0.3) is 0 Å². The molecule has 1 saturated heterocycles. The summed E-state index contributed by atoms with van der Waals surface area (Å²) >= 11 is 0. The van der Waals surface area contributed by atoms with Crippen LogP contribution in [0.1, 0.15) is 34.3 Å². The maximum absolute atomic E-state index is 12.6. The van der Waals surface area contributed by atoms with Gasteiger partial charge in [0.15, 0.2) is 5.78 Å². The van der Waals surface area contributed by atoms with Gasteiger partial charge in [0.2, 0.25) is 0 Å². The van der Waals surface area contributed by atoms with Crippen molar-refractivity contribution in [2.75, 3.05) is 18.0 Å². The number of ketones is 1. The topological polar surface area (TPSA) is 40.5 Å². The van der Waals surface area contributed by atoms with Crippen molar-refractivity contribution in [3.63, 3.8) is 0 Å². The van der Waals surface area contributed by atoms with E-state index < -0.39 is 11.7 Å². The molecule has 1 aliphatic rings. The van der Waals surface area contributed by atoms with E-state index >= 15 is 0 Å². The summed E-state index contributed by atoms with van der Waals surface area (Å²) in [5, 5.41) is 9.56. The maximum atomic E-state index is 12.6. The Labute approximate surface area is 155 Å². The Kier molecular flexibility index (Phi) is 5.65. The summed E-state index contributed by atoms with van der Waals surface area (Å²) in [6.45, 7) is 1.56. The largest absolute Gasteiger partial charge is 0.416 e. The second kappa shape index (κ2) is 7.96. The molecule has 2 aromatic carbocycles. The number of alkyl halides is 3. The van der Waals surface area contributed by atoms with Crippen molar-refractivity contribution in [3.8, 4) is 0 Å². The zero-order valence-electron chi connectivity index (χ0n) is 14.6. The Hall–Kier alpha value is -2.60. The molecule has 1 heterocycles. The number of hydrogen-bond acceptors (Lipinski definition) is 3. The molecular weight excluding hydrogens is 355 g/mol. The van der Waals surface area contributed by atoms with Gasteiger partial charge in [-0.05, 0) is 60.9 Å². The van der Waals surface area contributed by atoms with Gasteiger partial charge in [0.1, 0.15) is 0 Å².